The van der Waals surface area contributed by atoms with E-state index in [-0.39, 0.29) is 0 Å². The summed E-state index contributed by atoms with van der Waals surface area (Å²) >= 11 is 0. The third-order valence-electron chi connectivity index (χ3n) is 10.5. The zero-order valence-electron chi connectivity index (χ0n) is 27.6. The molecule has 0 spiro atoms. The van der Waals surface area contributed by atoms with E-state index in [1.54, 1.807) is 0 Å². The number of rotatable bonds is 4. The lowest BCUT2D eigenvalue weighted by Gasteiger charge is -2.27. The molecule has 238 valence electrons. The average Bonchev–Trinajstić information content (AvgIpc) is 3.74. The molecule has 2 heterocycles. The third kappa shape index (κ3) is 4.19. The van der Waals surface area contributed by atoms with Gasteiger partial charge in [-0.05, 0) is 93.0 Å². The number of hydrogen-bond acceptors (Lipinski definition) is 2. The zero-order valence-corrected chi connectivity index (χ0v) is 27.6. The first-order valence-corrected chi connectivity index (χ1v) is 17.4. The Kier molecular flexibility index (Phi) is 5.96. The van der Waals surface area contributed by atoms with Crippen LogP contribution in [-0.4, -0.2) is 4.57 Å². The van der Waals surface area contributed by atoms with Crippen LogP contribution in [0.4, 0.5) is 17.1 Å². The Hall–Kier alpha value is -6.84. The second-order valence-electron chi connectivity index (χ2n) is 13.3. The Bertz CT molecular complexity index is 3150. The number of aromatic nitrogens is 1. The second-order valence-corrected chi connectivity index (χ2v) is 13.3. The number of nitrogens with zero attached hydrogens (tertiary/aromatic N) is 2. The summed E-state index contributed by atoms with van der Waals surface area (Å²) in [6.45, 7) is 0. The highest BCUT2D eigenvalue weighted by Gasteiger charge is 2.22. The fraction of sp³-hybridized carbons (Fsp3) is 0. The first-order chi connectivity index (χ1) is 25.3. The molecule has 11 rings (SSSR count). The van der Waals surface area contributed by atoms with E-state index < -0.39 is 0 Å². The van der Waals surface area contributed by atoms with E-state index in [0.717, 1.165) is 50.2 Å². The maximum Gasteiger partial charge on any atom is 0.137 e. The number of fused-ring (bicyclic) bond motifs is 11. The van der Waals surface area contributed by atoms with Gasteiger partial charge < -0.3 is 13.9 Å². The maximum atomic E-state index is 6.43. The number of furan rings is 1. The van der Waals surface area contributed by atoms with Gasteiger partial charge in [-0.25, -0.2) is 0 Å². The molecule has 0 unspecified atom stereocenters. The number of hydrogen-bond donors (Lipinski definition) is 0. The Morgan fingerprint density at radius 2 is 1.00 bits per heavy atom. The van der Waals surface area contributed by atoms with Gasteiger partial charge in [-0.3, -0.25) is 0 Å². The fourth-order valence-electron chi connectivity index (χ4n) is 8.29. The maximum absolute atomic E-state index is 6.43. The van der Waals surface area contributed by atoms with Gasteiger partial charge >= 0.3 is 0 Å². The molecule has 0 saturated carbocycles. The molecule has 0 N–H and O–H groups in total. The second kappa shape index (κ2) is 10.8. The van der Waals surface area contributed by atoms with Gasteiger partial charge in [-0.15, -0.1) is 0 Å². The Labute approximate surface area is 293 Å². The van der Waals surface area contributed by atoms with Gasteiger partial charge in [0.1, 0.15) is 11.2 Å². The highest BCUT2D eigenvalue weighted by atomic mass is 16.3. The predicted octanol–water partition coefficient (Wildman–Crippen LogP) is 13.6. The molecule has 11 aromatic rings. The molecule has 0 aliphatic carbocycles. The first kappa shape index (κ1) is 28.0. The van der Waals surface area contributed by atoms with Gasteiger partial charge in [0.05, 0.1) is 22.1 Å². The molecule has 3 heteroatoms. The van der Waals surface area contributed by atoms with Crippen LogP contribution in [0.5, 0.6) is 0 Å². The Morgan fingerprint density at radius 3 is 1.88 bits per heavy atom. The largest absolute Gasteiger partial charge is 0.456 e. The van der Waals surface area contributed by atoms with E-state index in [0.29, 0.717) is 0 Å². The lowest BCUT2D eigenvalue weighted by atomic mass is 9.96. The minimum absolute atomic E-state index is 0.872. The SMILES string of the molecule is c1ccc(-n2c3ccccc3c3ccc(N(c4ccc5c(ccc6ccc7ccccc7c65)c4)c4cccc5oc6ccccc6c45)cc32)cc1. The van der Waals surface area contributed by atoms with Crippen molar-refractivity contribution in [1.82, 2.24) is 4.57 Å². The van der Waals surface area contributed by atoms with Crippen LogP contribution in [0.2, 0.25) is 0 Å². The van der Waals surface area contributed by atoms with Gasteiger partial charge in [-0.2, -0.15) is 0 Å². The fourth-order valence-corrected chi connectivity index (χ4v) is 8.29. The van der Waals surface area contributed by atoms with Crippen LogP contribution in [-0.2, 0) is 0 Å². The van der Waals surface area contributed by atoms with Crippen molar-refractivity contribution in [3.05, 3.63) is 182 Å². The lowest BCUT2D eigenvalue weighted by molar-refractivity contribution is 0.669. The molecule has 0 atom stereocenters. The summed E-state index contributed by atoms with van der Waals surface area (Å²) in [7, 11) is 0. The van der Waals surface area contributed by atoms with Crippen LogP contribution in [0.15, 0.2) is 186 Å². The van der Waals surface area contributed by atoms with Crippen LogP contribution in [0.1, 0.15) is 0 Å². The van der Waals surface area contributed by atoms with E-state index >= 15 is 0 Å². The van der Waals surface area contributed by atoms with Gasteiger partial charge in [0.25, 0.3) is 0 Å². The van der Waals surface area contributed by atoms with Crippen molar-refractivity contribution in [3.8, 4) is 5.69 Å². The molecule has 0 amide bonds. The van der Waals surface area contributed by atoms with Crippen LogP contribution >= 0.6 is 0 Å². The number of anilines is 3. The first-order valence-electron chi connectivity index (χ1n) is 17.4. The van der Waals surface area contributed by atoms with Gasteiger partial charge in [-0.1, -0.05) is 121 Å². The quantitative estimate of drug-likeness (QED) is 0.177. The normalized spacial score (nSPS) is 11.9. The smallest absolute Gasteiger partial charge is 0.137 e. The van der Waals surface area contributed by atoms with Crippen molar-refractivity contribution >= 4 is 93.1 Å². The molecule has 9 aromatic carbocycles. The molecule has 0 fully saturated rings. The van der Waals surface area contributed by atoms with Crippen LogP contribution in [0.3, 0.4) is 0 Å². The Morgan fingerprint density at radius 1 is 0.373 bits per heavy atom. The summed E-state index contributed by atoms with van der Waals surface area (Å²) in [5.74, 6) is 0. The Balaban J connectivity index is 1.22. The predicted molar refractivity (Wildman–Crippen MR) is 215 cm³/mol. The zero-order chi connectivity index (χ0) is 33.5. The van der Waals surface area contributed by atoms with E-state index in [1.807, 2.05) is 6.07 Å². The number of para-hydroxylation sites is 3. The molecule has 0 aliphatic rings. The highest BCUT2D eigenvalue weighted by molar-refractivity contribution is 6.21. The monoisotopic (exact) mass is 650 g/mol. The molecule has 0 bridgehead atoms. The van der Waals surface area contributed by atoms with Gasteiger partial charge in [0.15, 0.2) is 0 Å². The van der Waals surface area contributed by atoms with Gasteiger partial charge in [0.2, 0.25) is 0 Å². The summed E-state index contributed by atoms with van der Waals surface area (Å²) in [6, 6.07) is 65.6. The lowest BCUT2D eigenvalue weighted by Crippen LogP contribution is -2.10. The van der Waals surface area contributed by atoms with E-state index in [4.69, 9.17) is 4.42 Å². The van der Waals surface area contributed by atoms with Crippen molar-refractivity contribution in [2.75, 3.05) is 4.90 Å². The molecule has 0 radical (unpaired) electrons. The van der Waals surface area contributed by atoms with E-state index in [9.17, 15) is 0 Å². The van der Waals surface area contributed by atoms with Crippen molar-refractivity contribution in [1.29, 1.82) is 0 Å². The molecular weight excluding hydrogens is 621 g/mol. The van der Waals surface area contributed by atoms with Crippen molar-refractivity contribution in [2.24, 2.45) is 0 Å². The van der Waals surface area contributed by atoms with Crippen LogP contribution in [0, 0.1) is 0 Å². The molecule has 0 saturated heterocycles. The number of benzene rings is 9. The van der Waals surface area contributed by atoms with E-state index in [2.05, 4.69) is 185 Å². The summed E-state index contributed by atoms with van der Waals surface area (Å²) in [5.41, 5.74) is 8.48. The summed E-state index contributed by atoms with van der Waals surface area (Å²) in [6.07, 6.45) is 0. The van der Waals surface area contributed by atoms with Crippen molar-refractivity contribution < 1.29 is 4.42 Å². The van der Waals surface area contributed by atoms with Crippen LogP contribution in [0.25, 0.3) is 81.7 Å². The highest BCUT2D eigenvalue weighted by Crippen LogP contribution is 2.45. The van der Waals surface area contributed by atoms with Crippen molar-refractivity contribution in [3.63, 3.8) is 0 Å². The van der Waals surface area contributed by atoms with E-state index in [1.165, 1.54) is 48.6 Å². The molecular formula is C48H30N2O. The molecule has 51 heavy (non-hydrogen) atoms. The minimum atomic E-state index is 0.872. The standard InChI is InChI=1S/C48H30N2O/c1-2-12-34(13-3-1)50-42-17-8-6-15-39(42)40-28-26-36(30-44(40)50)49(43-18-10-20-46-48(43)41-16-7-9-19-45(41)51-46)35-25-27-38-33(29-35)24-23-32-22-21-31-11-4-5-14-37(31)47(32)38/h1-30H. The summed E-state index contributed by atoms with van der Waals surface area (Å²) < 4.78 is 8.82. The minimum Gasteiger partial charge on any atom is -0.456 e. The topological polar surface area (TPSA) is 21.3 Å². The van der Waals surface area contributed by atoms with Crippen LogP contribution < -0.4 is 4.90 Å². The average molecular weight is 651 g/mol. The third-order valence-corrected chi connectivity index (χ3v) is 10.5. The summed E-state index contributed by atoms with van der Waals surface area (Å²) in [4.78, 5) is 2.41. The summed E-state index contributed by atoms with van der Waals surface area (Å²) in [5, 5.41) is 12.2. The molecule has 0 aliphatic heterocycles. The molecule has 3 nitrogen and oxygen atoms in total. The van der Waals surface area contributed by atoms with Gasteiger partial charge in [0, 0.05) is 33.2 Å². The molecule has 2 aromatic heterocycles. The van der Waals surface area contributed by atoms with Crippen molar-refractivity contribution in [2.45, 2.75) is 0 Å².